The van der Waals surface area contributed by atoms with Gasteiger partial charge in [-0.1, -0.05) is 63.1 Å². The predicted molar refractivity (Wildman–Crippen MR) is 143 cm³/mol. The van der Waals surface area contributed by atoms with Gasteiger partial charge >= 0.3 is 11.9 Å². The maximum Gasteiger partial charge on any atom is 0.305 e. The molecule has 0 aliphatic rings. The largest absolute Gasteiger partial charge is 0.488 e. The molecule has 36 heavy (non-hydrogen) atoms. The zero-order valence-electron chi connectivity index (χ0n) is 22.3. The van der Waals surface area contributed by atoms with E-state index in [1.54, 1.807) is 13.8 Å². The number of benzene rings is 3. The van der Waals surface area contributed by atoms with E-state index in [9.17, 15) is 9.59 Å². The maximum atomic E-state index is 11.9. The minimum absolute atomic E-state index is 0.232. The molecule has 0 aliphatic carbocycles. The summed E-state index contributed by atoms with van der Waals surface area (Å²) in [5.74, 6) is 1.02. The molecule has 0 radical (unpaired) electrons. The third-order valence-corrected chi connectivity index (χ3v) is 6.24. The highest BCUT2D eigenvalue weighted by Crippen LogP contribution is 2.43. The van der Waals surface area contributed by atoms with Crippen LogP contribution in [0.5, 0.6) is 11.5 Å². The number of carbonyl (C=O) groups excluding carboxylic acids is 2. The molecule has 6 nitrogen and oxygen atoms in total. The van der Waals surface area contributed by atoms with Crippen molar-refractivity contribution in [2.24, 2.45) is 0 Å². The first-order valence-corrected chi connectivity index (χ1v) is 12.9. The molecule has 194 valence electrons. The summed E-state index contributed by atoms with van der Waals surface area (Å²) in [4.78, 5) is 23.7. The van der Waals surface area contributed by atoms with Crippen molar-refractivity contribution in [1.29, 1.82) is 0 Å². The number of hydrogen-bond donors (Lipinski definition) is 0. The van der Waals surface area contributed by atoms with Crippen LogP contribution in [0.3, 0.4) is 0 Å². The van der Waals surface area contributed by atoms with E-state index < -0.39 is 0 Å². The number of fused-ring (bicyclic) bond motifs is 2. The Balaban J connectivity index is 2.07. The number of esters is 2. The molecule has 0 bridgehead atoms. The normalized spacial score (nSPS) is 12.8. The van der Waals surface area contributed by atoms with Crippen LogP contribution in [0.25, 0.3) is 21.5 Å². The molecule has 0 heterocycles. The average Bonchev–Trinajstić information content (AvgIpc) is 2.88. The third kappa shape index (κ3) is 6.48. The molecule has 3 aromatic carbocycles. The highest BCUT2D eigenvalue weighted by Gasteiger charge is 2.21. The molecule has 0 aromatic heterocycles. The quantitative estimate of drug-likeness (QED) is 0.203. The lowest BCUT2D eigenvalue weighted by atomic mass is 9.97. The second-order valence-electron chi connectivity index (χ2n) is 9.13. The van der Waals surface area contributed by atoms with E-state index in [1.165, 1.54) is 0 Å². The monoisotopic (exact) mass is 494 g/mol. The van der Waals surface area contributed by atoms with Gasteiger partial charge < -0.3 is 18.9 Å². The van der Waals surface area contributed by atoms with Gasteiger partial charge in [-0.05, 0) is 38.8 Å². The smallest absolute Gasteiger partial charge is 0.305 e. The summed E-state index contributed by atoms with van der Waals surface area (Å²) in [6, 6.07) is 12.4. The van der Waals surface area contributed by atoms with Gasteiger partial charge in [0.2, 0.25) is 0 Å². The van der Waals surface area contributed by atoms with Crippen molar-refractivity contribution in [2.75, 3.05) is 13.2 Å². The summed E-state index contributed by atoms with van der Waals surface area (Å²) < 4.78 is 23.9. The lowest BCUT2D eigenvalue weighted by molar-refractivity contribution is -0.151. The molecular weight excluding hydrogens is 456 g/mol. The molecule has 0 aliphatic heterocycles. The van der Waals surface area contributed by atoms with Crippen molar-refractivity contribution in [3.05, 3.63) is 47.5 Å². The van der Waals surface area contributed by atoms with Gasteiger partial charge in [0.1, 0.15) is 36.9 Å². The van der Waals surface area contributed by atoms with E-state index >= 15 is 0 Å². The fourth-order valence-electron chi connectivity index (χ4n) is 4.05. The number of carbonyl (C=O) groups is 2. The van der Waals surface area contributed by atoms with E-state index in [1.807, 2.05) is 52.0 Å². The standard InChI is InChI=1S/C30H38O6/c1-7-21(35-27(31)9-3)17-33-29-23-13-11-20(6)16-26(23)30(24-14-12-19(5)15-25(24)29)34-18-22(8-2)36-28(32)10-4/h11-16,21-22H,7-10,17-18H2,1-6H3. The molecule has 0 saturated heterocycles. The summed E-state index contributed by atoms with van der Waals surface area (Å²) in [6.07, 6.45) is 1.34. The zero-order chi connectivity index (χ0) is 26.2. The minimum atomic E-state index is -0.327. The van der Waals surface area contributed by atoms with Crippen LogP contribution >= 0.6 is 0 Å². The summed E-state index contributed by atoms with van der Waals surface area (Å²) in [5, 5.41) is 3.70. The highest BCUT2D eigenvalue weighted by atomic mass is 16.6. The molecule has 0 fully saturated rings. The number of hydrogen-bond acceptors (Lipinski definition) is 6. The molecule has 2 unspecified atom stereocenters. The Labute approximate surface area is 213 Å². The van der Waals surface area contributed by atoms with Crippen molar-refractivity contribution in [3.8, 4) is 11.5 Å². The Morgan fingerprint density at radius 2 is 1.03 bits per heavy atom. The van der Waals surface area contributed by atoms with Crippen LogP contribution in [-0.2, 0) is 19.1 Å². The van der Waals surface area contributed by atoms with E-state index in [0.29, 0.717) is 25.7 Å². The van der Waals surface area contributed by atoms with Crippen LogP contribution in [0, 0.1) is 13.8 Å². The molecule has 2 atom stereocenters. The SMILES string of the molecule is CCC(=O)OC(CC)COc1c2ccc(C)cc2c(OCC(CC)OC(=O)CC)c2ccc(C)cc12. The molecule has 3 rings (SSSR count). The third-order valence-electron chi connectivity index (χ3n) is 6.24. The van der Waals surface area contributed by atoms with Gasteiger partial charge in [0.25, 0.3) is 0 Å². The fourth-order valence-corrected chi connectivity index (χ4v) is 4.05. The lowest BCUT2D eigenvalue weighted by Gasteiger charge is -2.22. The molecular formula is C30H38O6. The van der Waals surface area contributed by atoms with Gasteiger partial charge in [0.15, 0.2) is 0 Å². The van der Waals surface area contributed by atoms with E-state index in [4.69, 9.17) is 18.9 Å². The first-order chi connectivity index (χ1) is 17.3. The van der Waals surface area contributed by atoms with Gasteiger partial charge in [-0.15, -0.1) is 0 Å². The lowest BCUT2D eigenvalue weighted by Crippen LogP contribution is -2.24. The van der Waals surface area contributed by atoms with E-state index in [-0.39, 0.29) is 37.4 Å². The van der Waals surface area contributed by atoms with Crippen molar-refractivity contribution >= 4 is 33.5 Å². The van der Waals surface area contributed by atoms with Crippen LogP contribution in [0.2, 0.25) is 0 Å². The summed E-state index contributed by atoms with van der Waals surface area (Å²) >= 11 is 0. The number of rotatable bonds is 12. The van der Waals surface area contributed by atoms with Crippen LogP contribution in [-0.4, -0.2) is 37.4 Å². The summed E-state index contributed by atoms with van der Waals surface area (Å²) in [7, 11) is 0. The van der Waals surface area contributed by atoms with Crippen LogP contribution in [0.15, 0.2) is 36.4 Å². The van der Waals surface area contributed by atoms with Gasteiger partial charge in [-0.25, -0.2) is 0 Å². The molecule has 0 N–H and O–H groups in total. The molecule has 6 heteroatoms. The number of ether oxygens (including phenoxy) is 4. The predicted octanol–water partition coefficient (Wildman–Crippen LogP) is 6.83. The Morgan fingerprint density at radius 1 is 0.639 bits per heavy atom. The second-order valence-corrected chi connectivity index (χ2v) is 9.13. The second kappa shape index (κ2) is 12.6. The van der Waals surface area contributed by atoms with Gasteiger partial charge in [-0.2, -0.15) is 0 Å². The minimum Gasteiger partial charge on any atom is -0.488 e. The van der Waals surface area contributed by atoms with Crippen molar-refractivity contribution in [2.45, 2.75) is 79.4 Å². The van der Waals surface area contributed by atoms with E-state index in [2.05, 4.69) is 12.1 Å². The zero-order valence-corrected chi connectivity index (χ0v) is 22.3. The van der Waals surface area contributed by atoms with Gasteiger partial charge in [0.05, 0.1) is 0 Å². The molecule has 3 aromatic rings. The van der Waals surface area contributed by atoms with Gasteiger partial charge in [-0.3, -0.25) is 9.59 Å². The number of aryl methyl sites for hydroxylation is 2. The maximum absolute atomic E-state index is 11.9. The first-order valence-electron chi connectivity index (χ1n) is 12.9. The van der Waals surface area contributed by atoms with Crippen molar-refractivity contribution in [3.63, 3.8) is 0 Å². The fraction of sp³-hybridized carbons (Fsp3) is 0.467. The van der Waals surface area contributed by atoms with Crippen LogP contribution in [0.1, 0.15) is 64.5 Å². The summed E-state index contributed by atoms with van der Waals surface area (Å²) in [6.45, 7) is 12.1. The van der Waals surface area contributed by atoms with Gasteiger partial charge in [0, 0.05) is 34.4 Å². The molecule has 0 spiro atoms. The Kier molecular flexibility index (Phi) is 9.57. The Hall–Kier alpha value is -3.28. The molecule has 0 amide bonds. The average molecular weight is 495 g/mol. The highest BCUT2D eigenvalue weighted by molar-refractivity contribution is 6.11. The Bertz CT molecular complexity index is 1120. The van der Waals surface area contributed by atoms with Crippen LogP contribution < -0.4 is 9.47 Å². The summed E-state index contributed by atoms with van der Waals surface area (Å²) in [5.41, 5.74) is 2.19. The van der Waals surface area contributed by atoms with Crippen LogP contribution in [0.4, 0.5) is 0 Å². The molecule has 0 saturated carbocycles. The first kappa shape index (κ1) is 27.3. The Morgan fingerprint density at radius 3 is 1.36 bits per heavy atom. The van der Waals surface area contributed by atoms with E-state index in [0.717, 1.165) is 44.2 Å². The topological polar surface area (TPSA) is 71.1 Å². The van der Waals surface area contributed by atoms with Crippen molar-refractivity contribution in [1.82, 2.24) is 0 Å². The van der Waals surface area contributed by atoms with Crippen molar-refractivity contribution < 1.29 is 28.5 Å².